The molecule has 2 N–H and O–H groups in total. The molecule has 4 rings (SSSR count). The third kappa shape index (κ3) is 4.29. The van der Waals surface area contributed by atoms with Crippen molar-refractivity contribution in [2.75, 3.05) is 45.8 Å². The number of nitrogens with zero attached hydrogens (tertiary/aromatic N) is 1. The van der Waals surface area contributed by atoms with E-state index in [1.807, 2.05) is 18.2 Å². The van der Waals surface area contributed by atoms with Gasteiger partial charge in [-0.1, -0.05) is 12.1 Å². The first-order valence-corrected chi connectivity index (χ1v) is 10.2. The quantitative estimate of drug-likeness (QED) is 0.736. The van der Waals surface area contributed by atoms with Crippen molar-refractivity contribution in [1.29, 1.82) is 0 Å². The van der Waals surface area contributed by atoms with Crippen LogP contribution in [-0.4, -0.2) is 62.3 Å². The van der Waals surface area contributed by atoms with Crippen LogP contribution in [0, 0.1) is 0 Å². The van der Waals surface area contributed by atoms with Gasteiger partial charge in [-0.3, -0.25) is 9.59 Å². The lowest BCUT2D eigenvalue weighted by molar-refractivity contribution is -0.135. The fraction of sp³-hybridized carbons (Fsp3) is 0.391. The van der Waals surface area contributed by atoms with Crippen molar-refractivity contribution in [2.24, 2.45) is 0 Å². The van der Waals surface area contributed by atoms with E-state index < -0.39 is 5.92 Å². The van der Waals surface area contributed by atoms with Crippen LogP contribution in [-0.2, 0) is 20.7 Å². The normalized spacial score (nSPS) is 16.5. The number of carbonyl (C=O) groups is 2. The lowest BCUT2D eigenvalue weighted by Crippen LogP contribution is -2.41. The van der Waals surface area contributed by atoms with Gasteiger partial charge >= 0.3 is 0 Å². The molecular weight excluding hydrogens is 400 g/mol. The van der Waals surface area contributed by atoms with Gasteiger partial charge < -0.3 is 29.5 Å². The molecule has 1 saturated heterocycles. The number of amides is 2. The number of anilines is 1. The average molecular weight is 426 g/mol. The fourth-order valence-electron chi connectivity index (χ4n) is 4.19. The van der Waals surface area contributed by atoms with Crippen LogP contribution in [0.3, 0.4) is 0 Å². The van der Waals surface area contributed by atoms with Crippen LogP contribution in [0.15, 0.2) is 30.3 Å². The molecule has 0 spiro atoms. The molecule has 1 fully saturated rings. The van der Waals surface area contributed by atoms with Crippen molar-refractivity contribution in [2.45, 2.75) is 18.8 Å². The van der Waals surface area contributed by atoms with E-state index in [0.29, 0.717) is 49.8 Å². The number of phenols is 1. The Hall–Kier alpha value is -3.26. The molecule has 1 unspecified atom stereocenters. The molecule has 0 aliphatic carbocycles. The van der Waals surface area contributed by atoms with E-state index in [-0.39, 0.29) is 24.0 Å². The van der Waals surface area contributed by atoms with Crippen LogP contribution < -0.4 is 14.8 Å². The van der Waals surface area contributed by atoms with Crippen LogP contribution in [0.5, 0.6) is 17.2 Å². The average Bonchev–Trinajstić information content (AvgIpc) is 3.16. The maximum absolute atomic E-state index is 13.1. The van der Waals surface area contributed by atoms with Crippen LogP contribution in [0.2, 0.25) is 0 Å². The van der Waals surface area contributed by atoms with Crippen LogP contribution in [0.4, 0.5) is 5.69 Å². The molecule has 8 heteroatoms. The van der Waals surface area contributed by atoms with E-state index in [1.165, 1.54) is 20.3 Å². The Kier molecular flexibility index (Phi) is 5.99. The van der Waals surface area contributed by atoms with Crippen molar-refractivity contribution in [1.82, 2.24) is 4.90 Å². The largest absolute Gasteiger partial charge is 0.507 e. The van der Waals surface area contributed by atoms with E-state index in [0.717, 1.165) is 16.8 Å². The van der Waals surface area contributed by atoms with E-state index in [9.17, 15) is 14.7 Å². The standard InChI is InChI=1S/C23H26N2O6/c1-29-16-11-19(26)23(20(12-16)30-2)17(13-22(28)25-5-7-31-8-6-25)14-3-4-18-15(9-14)10-21(27)24-18/h3-4,9,11-12,17,26H,5-8,10,13H2,1-2H3,(H,24,27). The first-order valence-electron chi connectivity index (χ1n) is 10.2. The van der Waals surface area contributed by atoms with Gasteiger partial charge in [0.1, 0.15) is 17.2 Å². The molecule has 0 bridgehead atoms. The number of aromatic hydroxyl groups is 1. The molecule has 2 aromatic rings. The third-order valence-electron chi connectivity index (χ3n) is 5.80. The van der Waals surface area contributed by atoms with Gasteiger partial charge in [0.15, 0.2) is 0 Å². The summed E-state index contributed by atoms with van der Waals surface area (Å²) >= 11 is 0. The maximum Gasteiger partial charge on any atom is 0.228 e. The molecule has 8 nitrogen and oxygen atoms in total. The molecule has 1 atom stereocenters. The summed E-state index contributed by atoms with van der Waals surface area (Å²) in [6.07, 6.45) is 0.440. The third-order valence-corrected chi connectivity index (χ3v) is 5.80. The van der Waals surface area contributed by atoms with Crippen molar-refractivity contribution in [3.63, 3.8) is 0 Å². The van der Waals surface area contributed by atoms with Gasteiger partial charge in [-0.05, 0) is 17.2 Å². The number of fused-ring (bicyclic) bond motifs is 1. The van der Waals surface area contributed by atoms with Gasteiger partial charge in [0, 0.05) is 48.8 Å². The van der Waals surface area contributed by atoms with Crippen molar-refractivity contribution < 1.29 is 28.9 Å². The van der Waals surface area contributed by atoms with E-state index in [2.05, 4.69) is 5.32 Å². The predicted molar refractivity (Wildman–Crippen MR) is 114 cm³/mol. The van der Waals surface area contributed by atoms with E-state index in [4.69, 9.17) is 14.2 Å². The minimum atomic E-state index is -0.461. The Bertz CT molecular complexity index is 1000. The molecular formula is C23H26N2O6. The smallest absolute Gasteiger partial charge is 0.228 e. The van der Waals surface area contributed by atoms with Crippen LogP contribution in [0.1, 0.15) is 29.0 Å². The maximum atomic E-state index is 13.1. The van der Waals surface area contributed by atoms with Crippen molar-refractivity contribution in [3.05, 3.63) is 47.0 Å². The highest BCUT2D eigenvalue weighted by Crippen LogP contribution is 2.44. The number of hydrogen-bond acceptors (Lipinski definition) is 6. The van der Waals surface area contributed by atoms with E-state index in [1.54, 1.807) is 11.0 Å². The lowest BCUT2D eigenvalue weighted by Gasteiger charge is -2.29. The zero-order valence-corrected chi connectivity index (χ0v) is 17.6. The van der Waals surface area contributed by atoms with Gasteiger partial charge in [-0.15, -0.1) is 0 Å². The highest BCUT2D eigenvalue weighted by atomic mass is 16.5. The number of nitrogens with one attached hydrogen (secondary N) is 1. The number of hydrogen-bond donors (Lipinski definition) is 2. The highest BCUT2D eigenvalue weighted by molar-refractivity contribution is 5.99. The van der Waals surface area contributed by atoms with Crippen molar-refractivity contribution in [3.8, 4) is 17.2 Å². The Balaban J connectivity index is 1.76. The summed E-state index contributed by atoms with van der Waals surface area (Å²) in [5.74, 6) is 0.340. The number of rotatable bonds is 6. The van der Waals surface area contributed by atoms with Crippen LogP contribution in [0.25, 0.3) is 0 Å². The fourth-order valence-corrected chi connectivity index (χ4v) is 4.19. The topological polar surface area (TPSA) is 97.3 Å². The van der Waals surface area contributed by atoms with Gasteiger partial charge in [-0.25, -0.2) is 0 Å². The number of morpholine rings is 1. The number of benzene rings is 2. The number of phenolic OH excluding ortho intramolecular Hbond substituents is 1. The molecule has 0 saturated carbocycles. The van der Waals surface area contributed by atoms with E-state index >= 15 is 0 Å². The Morgan fingerprint density at radius 1 is 1.19 bits per heavy atom. The van der Waals surface area contributed by atoms with Crippen LogP contribution >= 0.6 is 0 Å². The van der Waals surface area contributed by atoms with Crippen molar-refractivity contribution >= 4 is 17.5 Å². The molecule has 2 aliphatic rings. The van der Waals surface area contributed by atoms with Gasteiger partial charge in [0.25, 0.3) is 0 Å². The second-order valence-electron chi connectivity index (χ2n) is 7.65. The molecule has 31 heavy (non-hydrogen) atoms. The van der Waals surface area contributed by atoms with Gasteiger partial charge in [0.05, 0.1) is 33.9 Å². The zero-order valence-electron chi connectivity index (χ0n) is 17.6. The molecule has 2 aromatic carbocycles. The monoisotopic (exact) mass is 426 g/mol. The summed E-state index contributed by atoms with van der Waals surface area (Å²) in [6.45, 7) is 2.11. The Labute approximate surface area is 180 Å². The predicted octanol–water partition coefficient (Wildman–Crippen LogP) is 2.28. The summed E-state index contributed by atoms with van der Waals surface area (Å²) < 4.78 is 16.2. The summed E-state index contributed by atoms with van der Waals surface area (Å²) in [6, 6.07) is 8.86. The second-order valence-corrected chi connectivity index (χ2v) is 7.65. The highest BCUT2D eigenvalue weighted by Gasteiger charge is 2.30. The van der Waals surface area contributed by atoms with Gasteiger partial charge in [0.2, 0.25) is 11.8 Å². The molecule has 0 radical (unpaired) electrons. The Morgan fingerprint density at radius 3 is 2.68 bits per heavy atom. The second kappa shape index (κ2) is 8.85. The molecule has 2 heterocycles. The SMILES string of the molecule is COc1cc(O)c(C(CC(=O)N2CCOCC2)c2ccc3c(c2)CC(=O)N3)c(OC)c1. The first kappa shape index (κ1) is 21.0. The zero-order chi connectivity index (χ0) is 22.0. The molecule has 164 valence electrons. The first-order chi connectivity index (χ1) is 15.0. The Morgan fingerprint density at radius 2 is 1.97 bits per heavy atom. The molecule has 2 aliphatic heterocycles. The summed E-state index contributed by atoms with van der Waals surface area (Å²) in [5.41, 5.74) is 2.99. The number of ether oxygens (including phenoxy) is 3. The summed E-state index contributed by atoms with van der Waals surface area (Å²) in [5, 5.41) is 13.7. The minimum absolute atomic E-state index is 0.00863. The number of carbonyl (C=O) groups excluding carboxylic acids is 2. The summed E-state index contributed by atoms with van der Waals surface area (Å²) in [7, 11) is 3.03. The molecule has 2 amide bonds. The van der Waals surface area contributed by atoms with Gasteiger partial charge in [-0.2, -0.15) is 0 Å². The summed E-state index contributed by atoms with van der Waals surface area (Å²) in [4.78, 5) is 26.7. The number of methoxy groups -OCH3 is 2. The minimum Gasteiger partial charge on any atom is -0.507 e. The lowest BCUT2D eigenvalue weighted by atomic mass is 9.85. The molecule has 0 aromatic heterocycles.